The molecule has 2 heterocycles. The molecule has 1 aliphatic heterocycles. The van der Waals surface area contributed by atoms with Gasteiger partial charge in [-0.3, -0.25) is 0 Å². The monoisotopic (exact) mass is 301 g/mol. The van der Waals surface area contributed by atoms with Crippen molar-refractivity contribution in [2.45, 2.75) is 39.5 Å². The number of rotatable bonds is 6. The van der Waals surface area contributed by atoms with E-state index in [4.69, 9.17) is 9.47 Å². The lowest BCUT2D eigenvalue weighted by molar-refractivity contribution is 0.254. The van der Waals surface area contributed by atoms with Crippen molar-refractivity contribution < 1.29 is 9.47 Å². The first-order chi connectivity index (χ1) is 10.7. The molecule has 1 aliphatic rings. The molecule has 5 heteroatoms. The van der Waals surface area contributed by atoms with Crippen molar-refractivity contribution in [1.82, 2.24) is 14.9 Å². The third-order valence-electron chi connectivity index (χ3n) is 3.92. The van der Waals surface area contributed by atoms with Crippen molar-refractivity contribution in [2.24, 2.45) is 7.05 Å². The van der Waals surface area contributed by atoms with Gasteiger partial charge >= 0.3 is 0 Å². The number of nitrogens with one attached hydrogen (secondary N) is 1. The predicted octanol–water partition coefficient (Wildman–Crippen LogP) is 2.43. The molecule has 1 atom stereocenters. The molecular formula is C17H23N3O2. The minimum atomic E-state index is 0.252. The lowest BCUT2D eigenvalue weighted by atomic mass is 10.1. The molecule has 1 aromatic heterocycles. The van der Waals surface area contributed by atoms with E-state index in [1.807, 2.05) is 31.1 Å². The van der Waals surface area contributed by atoms with E-state index in [1.165, 1.54) is 5.56 Å². The topological polar surface area (TPSA) is 48.3 Å². The second-order valence-electron chi connectivity index (χ2n) is 5.73. The molecule has 5 nitrogen and oxygen atoms in total. The van der Waals surface area contributed by atoms with Crippen LogP contribution in [0.3, 0.4) is 0 Å². The lowest BCUT2D eigenvalue weighted by Crippen LogP contribution is -2.15. The first-order valence-electron chi connectivity index (χ1n) is 7.78. The van der Waals surface area contributed by atoms with Crippen molar-refractivity contribution in [3.63, 3.8) is 0 Å². The Kier molecular flexibility index (Phi) is 4.34. The number of nitrogens with zero attached hydrogens (tertiary/aromatic N) is 2. The van der Waals surface area contributed by atoms with E-state index in [-0.39, 0.29) is 6.10 Å². The molecule has 1 aromatic carbocycles. The molecule has 0 saturated heterocycles. The Bertz CT molecular complexity index is 651. The molecule has 0 saturated carbocycles. The van der Waals surface area contributed by atoms with Crippen molar-refractivity contribution in [2.75, 3.05) is 6.61 Å². The molecule has 0 aliphatic carbocycles. The summed E-state index contributed by atoms with van der Waals surface area (Å²) >= 11 is 0. The number of benzene rings is 1. The Morgan fingerprint density at radius 1 is 1.41 bits per heavy atom. The van der Waals surface area contributed by atoms with Crippen LogP contribution in [0.5, 0.6) is 11.5 Å². The van der Waals surface area contributed by atoms with Gasteiger partial charge in [0.15, 0.2) is 0 Å². The van der Waals surface area contributed by atoms with Gasteiger partial charge in [0.25, 0.3) is 0 Å². The maximum atomic E-state index is 5.85. The second kappa shape index (κ2) is 6.40. The third kappa shape index (κ3) is 3.09. The first-order valence-corrected chi connectivity index (χ1v) is 7.78. The van der Waals surface area contributed by atoms with Crippen LogP contribution >= 0.6 is 0 Å². The van der Waals surface area contributed by atoms with Gasteiger partial charge in [0.05, 0.1) is 18.6 Å². The maximum absolute atomic E-state index is 5.85. The molecule has 118 valence electrons. The van der Waals surface area contributed by atoms with Gasteiger partial charge in [0.1, 0.15) is 17.6 Å². The summed E-state index contributed by atoms with van der Waals surface area (Å²) in [6, 6.07) is 4.24. The molecule has 1 N–H and O–H groups in total. The van der Waals surface area contributed by atoms with Crippen molar-refractivity contribution in [3.05, 3.63) is 41.5 Å². The molecule has 22 heavy (non-hydrogen) atoms. The van der Waals surface area contributed by atoms with Crippen LogP contribution in [0.2, 0.25) is 0 Å². The molecular weight excluding hydrogens is 278 g/mol. The summed E-state index contributed by atoms with van der Waals surface area (Å²) in [6.45, 7) is 6.30. The van der Waals surface area contributed by atoms with E-state index in [0.29, 0.717) is 6.61 Å². The Hall–Kier alpha value is -2.01. The molecule has 0 radical (unpaired) electrons. The highest BCUT2D eigenvalue weighted by Gasteiger charge is 2.21. The second-order valence-corrected chi connectivity index (χ2v) is 5.73. The standard InChI is InChI=1S/C17H23N3O2/c1-4-21-16-6-13-5-12(2)22-17(13)7-14(16)8-18-9-15-10-19-11-20(15)3/h6-7,10-12,18H,4-5,8-9H2,1-3H3/t12-/m1/s1. The molecule has 3 rings (SSSR count). The van der Waals surface area contributed by atoms with Gasteiger partial charge < -0.3 is 19.4 Å². The maximum Gasteiger partial charge on any atom is 0.124 e. The van der Waals surface area contributed by atoms with Crippen LogP contribution in [0.4, 0.5) is 0 Å². The van der Waals surface area contributed by atoms with E-state index in [9.17, 15) is 0 Å². The molecule has 0 bridgehead atoms. The van der Waals surface area contributed by atoms with Crippen LogP contribution in [0, 0.1) is 0 Å². The van der Waals surface area contributed by atoms with Crippen LogP contribution < -0.4 is 14.8 Å². The van der Waals surface area contributed by atoms with Crippen LogP contribution in [0.15, 0.2) is 24.7 Å². The number of aromatic nitrogens is 2. The third-order valence-corrected chi connectivity index (χ3v) is 3.92. The molecule has 0 spiro atoms. The number of aryl methyl sites for hydroxylation is 1. The highest BCUT2D eigenvalue weighted by Crippen LogP contribution is 2.35. The van der Waals surface area contributed by atoms with Gasteiger partial charge in [-0.1, -0.05) is 0 Å². The van der Waals surface area contributed by atoms with E-state index >= 15 is 0 Å². The Morgan fingerprint density at radius 2 is 2.27 bits per heavy atom. The van der Waals surface area contributed by atoms with Crippen LogP contribution in [-0.2, 0) is 26.6 Å². The van der Waals surface area contributed by atoms with Crippen LogP contribution in [0.25, 0.3) is 0 Å². The van der Waals surface area contributed by atoms with Gasteiger partial charge in [-0.25, -0.2) is 4.98 Å². The smallest absolute Gasteiger partial charge is 0.124 e. The van der Waals surface area contributed by atoms with Gasteiger partial charge in [0.2, 0.25) is 0 Å². The SMILES string of the molecule is CCOc1cc2c(cc1CNCc1cncn1C)O[C@H](C)C2. The molecule has 0 amide bonds. The molecule has 2 aromatic rings. The fourth-order valence-corrected chi connectivity index (χ4v) is 2.79. The van der Waals surface area contributed by atoms with Gasteiger partial charge in [-0.05, 0) is 26.0 Å². The fourth-order valence-electron chi connectivity index (χ4n) is 2.79. The average molecular weight is 301 g/mol. The van der Waals surface area contributed by atoms with Gasteiger partial charge in [-0.15, -0.1) is 0 Å². The zero-order chi connectivity index (χ0) is 15.5. The van der Waals surface area contributed by atoms with Crippen molar-refractivity contribution in [3.8, 4) is 11.5 Å². The quantitative estimate of drug-likeness (QED) is 0.890. The number of hydrogen-bond donors (Lipinski definition) is 1. The summed E-state index contributed by atoms with van der Waals surface area (Å²) < 4.78 is 13.7. The minimum Gasteiger partial charge on any atom is -0.494 e. The van der Waals surface area contributed by atoms with E-state index in [2.05, 4.69) is 29.4 Å². The van der Waals surface area contributed by atoms with E-state index in [1.54, 1.807) is 0 Å². The summed E-state index contributed by atoms with van der Waals surface area (Å²) in [5, 5.41) is 3.45. The summed E-state index contributed by atoms with van der Waals surface area (Å²) in [5.74, 6) is 1.95. The number of hydrogen-bond acceptors (Lipinski definition) is 4. The Morgan fingerprint density at radius 3 is 3.00 bits per heavy atom. The number of ether oxygens (including phenoxy) is 2. The largest absolute Gasteiger partial charge is 0.494 e. The molecule has 0 unspecified atom stereocenters. The first kappa shape index (κ1) is 14.9. The minimum absolute atomic E-state index is 0.252. The summed E-state index contributed by atoms with van der Waals surface area (Å²) in [7, 11) is 2.00. The van der Waals surface area contributed by atoms with Gasteiger partial charge in [0, 0.05) is 43.9 Å². The normalized spacial score (nSPS) is 16.4. The zero-order valence-corrected chi connectivity index (χ0v) is 13.4. The highest BCUT2D eigenvalue weighted by atomic mass is 16.5. The van der Waals surface area contributed by atoms with E-state index in [0.717, 1.165) is 42.3 Å². The number of fused-ring (bicyclic) bond motifs is 1. The predicted molar refractivity (Wildman–Crippen MR) is 85.2 cm³/mol. The Balaban J connectivity index is 1.72. The summed E-state index contributed by atoms with van der Waals surface area (Å²) in [4.78, 5) is 4.13. The van der Waals surface area contributed by atoms with E-state index < -0.39 is 0 Å². The van der Waals surface area contributed by atoms with Gasteiger partial charge in [-0.2, -0.15) is 0 Å². The van der Waals surface area contributed by atoms with Crippen molar-refractivity contribution in [1.29, 1.82) is 0 Å². The van der Waals surface area contributed by atoms with Crippen molar-refractivity contribution >= 4 is 0 Å². The molecule has 0 fully saturated rings. The summed E-state index contributed by atoms with van der Waals surface area (Å²) in [6.07, 6.45) is 4.90. The highest BCUT2D eigenvalue weighted by molar-refractivity contribution is 5.48. The lowest BCUT2D eigenvalue weighted by Gasteiger charge is -2.13. The fraction of sp³-hybridized carbons (Fsp3) is 0.471. The summed E-state index contributed by atoms with van der Waals surface area (Å²) in [5.41, 5.74) is 3.53. The average Bonchev–Trinajstić information content (AvgIpc) is 3.04. The number of imidazole rings is 1. The zero-order valence-electron chi connectivity index (χ0n) is 13.4. The Labute approximate surface area is 131 Å². The van der Waals surface area contributed by atoms with Crippen LogP contribution in [0.1, 0.15) is 30.7 Å². The van der Waals surface area contributed by atoms with Crippen LogP contribution in [-0.4, -0.2) is 22.3 Å².